The summed E-state index contributed by atoms with van der Waals surface area (Å²) in [6.07, 6.45) is 9.07. The Bertz CT molecular complexity index is 297. The van der Waals surface area contributed by atoms with Gasteiger partial charge in [-0.05, 0) is 32.7 Å². The summed E-state index contributed by atoms with van der Waals surface area (Å²) in [6.45, 7) is 1.40. The largest absolute Gasteiger partial charge is 0.383 e. The first-order chi connectivity index (χ1) is 9.21. The van der Waals surface area contributed by atoms with Crippen LogP contribution in [0.3, 0.4) is 0 Å². The van der Waals surface area contributed by atoms with Crippen molar-refractivity contribution in [3.8, 4) is 0 Å². The van der Waals surface area contributed by atoms with Gasteiger partial charge in [0.15, 0.2) is 0 Å². The molecule has 2 aliphatic carbocycles. The van der Waals surface area contributed by atoms with Crippen LogP contribution in [0.25, 0.3) is 0 Å². The van der Waals surface area contributed by atoms with Crippen molar-refractivity contribution in [2.45, 2.75) is 62.9 Å². The van der Waals surface area contributed by atoms with Crippen molar-refractivity contribution >= 4 is 5.91 Å². The van der Waals surface area contributed by atoms with Crippen molar-refractivity contribution in [2.24, 2.45) is 0 Å². The average molecular weight is 268 g/mol. The minimum atomic E-state index is 0.0511. The van der Waals surface area contributed by atoms with Crippen LogP contribution in [0.15, 0.2) is 0 Å². The molecule has 0 saturated heterocycles. The van der Waals surface area contributed by atoms with Gasteiger partial charge in [0.1, 0.15) is 0 Å². The molecule has 0 unspecified atom stereocenters. The van der Waals surface area contributed by atoms with Gasteiger partial charge in [0.05, 0.1) is 6.61 Å². The highest BCUT2D eigenvalue weighted by atomic mass is 16.5. The lowest BCUT2D eigenvalue weighted by atomic mass is 9.79. The number of methoxy groups -OCH3 is 1. The lowest BCUT2D eigenvalue weighted by Crippen LogP contribution is -2.49. The first kappa shape index (κ1) is 14.8. The maximum absolute atomic E-state index is 12.6. The minimum Gasteiger partial charge on any atom is -0.383 e. The third-order valence-electron chi connectivity index (χ3n) is 4.67. The van der Waals surface area contributed by atoms with Crippen molar-refractivity contribution in [3.05, 3.63) is 0 Å². The highest BCUT2D eigenvalue weighted by Gasteiger charge is 2.38. The highest BCUT2D eigenvalue weighted by molar-refractivity contribution is 5.78. The lowest BCUT2D eigenvalue weighted by Gasteiger charge is -2.38. The van der Waals surface area contributed by atoms with E-state index in [0.717, 1.165) is 19.4 Å². The maximum Gasteiger partial charge on any atom is 0.224 e. The Morgan fingerprint density at radius 2 is 2.00 bits per heavy atom. The Morgan fingerprint density at radius 1 is 1.32 bits per heavy atom. The third kappa shape index (κ3) is 3.93. The molecule has 0 aromatic carbocycles. The number of nitrogens with one attached hydrogen (secondary N) is 1. The molecular weight excluding hydrogens is 240 g/mol. The Balaban J connectivity index is 1.92. The topological polar surface area (TPSA) is 41.6 Å². The Kier molecular flexibility index (Phi) is 5.22. The van der Waals surface area contributed by atoms with Crippen LogP contribution in [0, 0.1) is 0 Å². The summed E-state index contributed by atoms with van der Waals surface area (Å²) in [6, 6.07) is 0.486. The van der Waals surface area contributed by atoms with Gasteiger partial charge < -0.3 is 15.0 Å². The van der Waals surface area contributed by atoms with Crippen LogP contribution >= 0.6 is 0 Å². The van der Waals surface area contributed by atoms with E-state index >= 15 is 0 Å². The van der Waals surface area contributed by atoms with E-state index in [-0.39, 0.29) is 5.54 Å². The molecule has 4 nitrogen and oxygen atoms in total. The maximum atomic E-state index is 12.6. The molecule has 0 aromatic heterocycles. The normalized spacial score (nSPS) is 22.2. The lowest BCUT2D eigenvalue weighted by molar-refractivity contribution is -0.134. The monoisotopic (exact) mass is 268 g/mol. The van der Waals surface area contributed by atoms with Crippen LogP contribution in [0.5, 0.6) is 0 Å². The van der Waals surface area contributed by atoms with Crippen LogP contribution in [0.2, 0.25) is 0 Å². The molecule has 0 aromatic rings. The number of ether oxygens (including phenoxy) is 1. The summed E-state index contributed by atoms with van der Waals surface area (Å²) in [5.74, 6) is 0.316. The number of carbonyl (C=O) groups excluding carboxylic acids is 1. The van der Waals surface area contributed by atoms with Gasteiger partial charge in [-0.1, -0.05) is 19.3 Å². The number of rotatable bonds is 7. The molecule has 0 atom stereocenters. The quantitative estimate of drug-likeness (QED) is 0.767. The van der Waals surface area contributed by atoms with Gasteiger partial charge >= 0.3 is 0 Å². The molecule has 1 amide bonds. The average Bonchev–Trinajstić information content (AvgIpc) is 3.25. The number of nitrogens with zero attached hydrogens (tertiary/aromatic N) is 1. The van der Waals surface area contributed by atoms with Crippen LogP contribution in [0.1, 0.15) is 51.4 Å². The van der Waals surface area contributed by atoms with Crippen molar-refractivity contribution in [3.63, 3.8) is 0 Å². The van der Waals surface area contributed by atoms with Crippen LogP contribution in [-0.4, -0.2) is 49.7 Å². The van der Waals surface area contributed by atoms with E-state index < -0.39 is 0 Å². The summed E-state index contributed by atoms with van der Waals surface area (Å²) in [4.78, 5) is 14.6. The molecule has 0 heterocycles. The van der Waals surface area contributed by atoms with Gasteiger partial charge in [0.2, 0.25) is 5.91 Å². The van der Waals surface area contributed by atoms with Gasteiger partial charge in [-0.25, -0.2) is 0 Å². The molecule has 2 fully saturated rings. The molecule has 0 radical (unpaired) electrons. The Labute approximate surface area is 116 Å². The number of hydrogen-bond acceptors (Lipinski definition) is 3. The van der Waals surface area contributed by atoms with Gasteiger partial charge in [0.25, 0.3) is 0 Å². The zero-order valence-corrected chi connectivity index (χ0v) is 12.4. The predicted octanol–water partition coefficient (Wildman–Crippen LogP) is 1.94. The fourth-order valence-corrected chi connectivity index (χ4v) is 3.22. The van der Waals surface area contributed by atoms with Crippen molar-refractivity contribution in [2.75, 3.05) is 27.3 Å². The first-order valence-electron chi connectivity index (χ1n) is 7.68. The van der Waals surface area contributed by atoms with Crippen molar-refractivity contribution in [1.29, 1.82) is 0 Å². The molecular formula is C15H28N2O2. The van der Waals surface area contributed by atoms with E-state index in [1.165, 1.54) is 32.1 Å². The molecule has 2 saturated carbocycles. The number of hydrogen-bond donors (Lipinski definition) is 1. The molecule has 1 N–H and O–H groups in total. The van der Waals surface area contributed by atoms with E-state index in [2.05, 4.69) is 10.2 Å². The predicted molar refractivity (Wildman–Crippen MR) is 76.1 cm³/mol. The molecule has 0 spiro atoms. The van der Waals surface area contributed by atoms with Crippen LogP contribution in [-0.2, 0) is 9.53 Å². The Morgan fingerprint density at radius 3 is 2.53 bits per heavy atom. The summed E-state index contributed by atoms with van der Waals surface area (Å²) >= 11 is 0. The smallest absolute Gasteiger partial charge is 0.224 e. The van der Waals surface area contributed by atoms with Crippen molar-refractivity contribution in [1.82, 2.24) is 10.2 Å². The summed E-state index contributed by atoms with van der Waals surface area (Å²) in [5, 5.41) is 3.44. The fraction of sp³-hybridized carbons (Fsp3) is 0.933. The summed E-state index contributed by atoms with van der Waals surface area (Å²) < 4.78 is 5.13. The van der Waals surface area contributed by atoms with E-state index in [9.17, 15) is 4.79 Å². The van der Waals surface area contributed by atoms with Gasteiger partial charge in [-0.2, -0.15) is 0 Å². The van der Waals surface area contributed by atoms with Crippen molar-refractivity contribution < 1.29 is 9.53 Å². The molecule has 110 valence electrons. The SMILES string of the molecule is CNC1(CC(=O)N(CCOC)C2CC2)CCCCC1. The second-order valence-electron chi connectivity index (χ2n) is 6.08. The third-order valence-corrected chi connectivity index (χ3v) is 4.67. The van der Waals surface area contributed by atoms with Crippen LogP contribution < -0.4 is 5.32 Å². The molecule has 4 heteroatoms. The molecule has 19 heavy (non-hydrogen) atoms. The second-order valence-corrected chi connectivity index (χ2v) is 6.08. The fourth-order valence-electron chi connectivity index (χ4n) is 3.22. The van der Waals surface area contributed by atoms with Gasteiger partial charge in [-0.3, -0.25) is 4.79 Å². The first-order valence-corrected chi connectivity index (χ1v) is 7.68. The zero-order chi connectivity index (χ0) is 13.7. The number of carbonyl (C=O) groups is 1. The highest BCUT2D eigenvalue weighted by Crippen LogP contribution is 2.33. The van der Waals surface area contributed by atoms with E-state index in [1.807, 2.05) is 7.05 Å². The molecule has 2 rings (SSSR count). The summed E-state index contributed by atoms with van der Waals surface area (Å²) in [7, 11) is 3.71. The standard InChI is InChI=1S/C15H28N2O2/c1-16-15(8-4-3-5-9-15)12-14(18)17(10-11-19-2)13-6-7-13/h13,16H,3-12H2,1-2H3. The van der Waals surface area contributed by atoms with Crippen LogP contribution in [0.4, 0.5) is 0 Å². The van der Waals surface area contributed by atoms with Gasteiger partial charge in [0, 0.05) is 31.7 Å². The van der Waals surface area contributed by atoms with E-state index in [1.54, 1.807) is 7.11 Å². The summed E-state index contributed by atoms with van der Waals surface area (Å²) in [5.41, 5.74) is 0.0511. The molecule has 0 aliphatic heterocycles. The zero-order valence-electron chi connectivity index (χ0n) is 12.4. The Hall–Kier alpha value is -0.610. The van der Waals surface area contributed by atoms with Gasteiger partial charge in [-0.15, -0.1) is 0 Å². The van der Waals surface area contributed by atoms with E-state index in [4.69, 9.17) is 4.74 Å². The molecule has 0 bridgehead atoms. The number of amides is 1. The molecule has 2 aliphatic rings. The minimum absolute atomic E-state index is 0.0511. The second kappa shape index (κ2) is 6.71. The van der Waals surface area contributed by atoms with E-state index in [0.29, 0.717) is 25.0 Å².